The average Bonchev–Trinajstić information content (AvgIpc) is 2.77. The van der Waals surface area contributed by atoms with Crippen LogP contribution in [0.15, 0.2) is 11.6 Å². The minimum atomic E-state index is 0.655. The van der Waals surface area contributed by atoms with Gasteiger partial charge >= 0.3 is 0 Å². The summed E-state index contributed by atoms with van der Waals surface area (Å²) in [7, 11) is 0. The van der Waals surface area contributed by atoms with E-state index in [1.54, 1.807) is 0 Å². The minimum absolute atomic E-state index is 0.655. The predicted molar refractivity (Wildman–Crippen MR) is 69.0 cm³/mol. The summed E-state index contributed by atoms with van der Waals surface area (Å²) in [6, 6.07) is 2.31. The van der Waals surface area contributed by atoms with Gasteiger partial charge in [0.15, 0.2) is 0 Å². The fourth-order valence-electron chi connectivity index (χ4n) is 2.57. The molecule has 0 aromatic heterocycles. The van der Waals surface area contributed by atoms with Crippen LogP contribution in [0.1, 0.15) is 71.1 Å². The number of rotatable bonds is 7. The van der Waals surface area contributed by atoms with Crippen molar-refractivity contribution in [1.82, 2.24) is 0 Å². The van der Waals surface area contributed by atoms with Gasteiger partial charge in [0.05, 0.1) is 12.5 Å². The van der Waals surface area contributed by atoms with Crippen LogP contribution in [0.2, 0.25) is 0 Å². The topological polar surface area (TPSA) is 23.8 Å². The molecule has 0 aromatic carbocycles. The second-order valence-corrected chi connectivity index (χ2v) is 5.02. The van der Waals surface area contributed by atoms with Crippen molar-refractivity contribution in [1.29, 1.82) is 5.26 Å². The number of hydrogen-bond donors (Lipinski definition) is 0. The van der Waals surface area contributed by atoms with Crippen LogP contribution < -0.4 is 0 Å². The number of allylic oxidation sites excluding steroid dienone is 2. The molecule has 1 heteroatoms. The lowest BCUT2D eigenvalue weighted by Gasteiger charge is -2.07. The fraction of sp³-hybridized carbons (Fsp3) is 0.800. The summed E-state index contributed by atoms with van der Waals surface area (Å²) in [5.74, 6) is 0.787. The third-order valence-corrected chi connectivity index (χ3v) is 3.53. The normalized spacial score (nSPS) is 17.6. The maximum atomic E-state index is 8.82. The highest BCUT2D eigenvalue weighted by Crippen LogP contribution is 2.28. The molecule has 1 nitrogen and oxygen atoms in total. The van der Waals surface area contributed by atoms with Crippen molar-refractivity contribution in [3.05, 3.63) is 11.6 Å². The summed E-state index contributed by atoms with van der Waals surface area (Å²) in [5, 5.41) is 8.82. The van der Waals surface area contributed by atoms with Gasteiger partial charge in [-0.15, -0.1) is 0 Å². The van der Waals surface area contributed by atoms with Crippen LogP contribution in [0.3, 0.4) is 0 Å². The highest BCUT2D eigenvalue weighted by Gasteiger charge is 2.13. The first kappa shape index (κ1) is 13.3. The first-order valence-electron chi connectivity index (χ1n) is 6.93. The van der Waals surface area contributed by atoms with E-state index < -0.39 is 0 Å². The van der Waals surface area contributed by atoms with Crippen LogP contribution >= 0.6 is 0 Å². The average molecular weight is 219 g/mol. The van der Waals surface area contributed by atoms with E-state index in [-0.39, 0.29) is 0 Å². The van der Waals surface area contributed by atoms with Crippen molar-refractivity contribution >= 4 is 0 Å². The van der Waals surface area contributed by atoms with Crippen molar-refractivity contribution < 1.29 is 0 Å². The molecule has 0 amide bonds. The summed E-state index contributed by atoms with van der Waals surface area (Å²) >= 11 is 0. The molecule has 1 aliphatic carbocycles. The Morgan fingerprint density at radius 3 is 2.62 bits per heavy atom. The zero-order valence-corrected chi connectivity index (χ0v) is 10.7. The van der Waals surface area contributed by atoms with E-state index in [4.69, 9.17) is 5.26 Å². The Labute approximate surface area is 101 Å². The summed E-state index contributed by atoms with van der Waals surface area (Å²) < 4.78 is 0. The van der Waals surface area contributed by atoms with Gasteiger partial charge in [-0.3, -0.25) is 0 Å². The molecular weight excluding hydrogens is 194 g/mol. The largest absolute Gasteiger partial charge is 0.198 e. The number of hydrogen-bond acceptors (Lipinski definition) is 1. The number of unbranched alkanes of at least 4 members (excludes halogenated alkanes) is 3. The first-order valence-corrected chi connectivity index (χ1v) is 6.93. The Hall–Kier alpha value is -0.770. The fourth-order valence-corrected chi connectivity index (χ4v) is 2.57. The quantitative estimate of drug-likeness (QED) is 0.437. The molecule has 0 aromatic rings. The SMILES string of the molecule is CCCCCCC(=CC1CCCC1)CC#N. The van der Waals surface area contributed by atoms with E-state index in [0.717, 1.165) is 12.3 Å². The van der Waals surface area contributed by atoms with Crippen molar-refractivity contribution in [3.63, 3.8) is 0 Å². The molecule has 0 heterocycles. The Kier molecular flexibility index (Phi) is 6.97. The van der Waals surface area contributed by atoms with Gasteiger partial charge < -0.3 is 0 Å². The molecular formula is C15H25N. The highest BCUT2D eigenvalue weighted by molar-refractivity contribution is 5.10. The standard InChI is InChI=1S/C15H25N/c1-2-3-4-5-8-15(11-12-16)13-14-9-6-7-10-14/h13-14H,2-11H2,1H3. The monoisotopic (exact) mass is 219 g/mol. The van der Waals surface area contributed by atoms with E-state index in [0.29, 0.717) is 6.42 Å². The minimum Gasteiger partial charge on any atom is -0.198 e. The molecule has 0 radical (unpaired) electrons. The molecule has 0 aliphatic heterocycles. The van der Waals surface area contributed by atoms with Crippen LogP contribution in [0.5, 0.6) is 0 Å². The first-order chi connectivity index (χ1) is 7.86. The molecule has 0 N–H and O–H groups in total. The van der Waals surface area contributed by atoms with Crippen molar-refractivity contribution in [2.24, 2.45) is 5.92 Å². The van der Waals surface area contributed by atoms with Crippen molar-refractivity contribution in [2.45, 2.75) is 71.1 Å². The zero-order valence-electron chi connectivity index (χ0n) is 10.7. The van der Waals surface area contributed by atoms with E-state index in [1.807, 2.05) is 0 Å². The van der Waals surface area contributed by atoms with E-state index >= 15 is 0 Å². The zero-order chi connectivity index (χ0) is 11.6. The van der Waals surface area contributed by atoms with Gasteiger partial charge in [0.2, 0.25) is 0 Å². The lowest BCUT2D eigenvalue weighted by Crippen LogP contribution is -1.92. The molecule has 1 fully saturated rings. The summed E-state index contributed by atoms with van der Waals surface area (Å²) in [6.07, 6.45) is 14.9. The maximum absolute atomic E-state index is 8.82. The predicted octanol–water partition coefficient (Wildman–Crippen LogP) is 4.99. The van der Waals surface area contributed by atoms with Crippen molar-refractivity contribution in [3.8, 4) is 6.07 Å². The van der Waals surface area contributed by atoms with E-state index in [9.17, 15) is 0 Å². The molecule has 0 atom stereocenters. The van der Waals surface area contributed by atoms with Crippen molar-refractivity contribution in [2.75, 3.05) is 0 Å². The summed E-state index contributed by atoms with van der Waals surface area (Å²) in [4.78, 5) is 0. The molecule has 16 heavy (non-hydrogen) atoms. The van der Waals surface area contributed by atoms with Gasteiger partial charge in [0.25, 0.3) is 0 Å². The molecule has 1 aliphatic rings. The lowest BCUT2D eigenvalue weighted by atomic mass is 9.98. The summed E-state index contributed by atoms with van der Waals surface area (Å²) in [5.41, 5.74) is 1.41. The molecule has 0 spiro atoms. The molecule has 1 saturated carbocycles. The Morgan fingerprint density at radius 2 is 2.00 bits per heavy atom. The lowest BCUT2D eigenvalue weighted by molar-refractivity contribution is 0.641. The Bertz CT molecular complexity index is 241. The Morgan fingerprint density at radius 1 is 1.25 bits per heavy atom. The summed E-state index contributed by atoms with van der Waals surface area (Å²) in [6.45, 7) is 2.24. The van der Waals surface area contributed by atoms with Crippen LogP contribution in [0, 0.1) is 17.2 Å². The molecule has 0 bridgehead atoms. The van der Waals surface area contributed by atoms with Gasteiger partial charge in [0.1, 0.15) is 0 Å². The number of nitriles is 1. The molecule has 0 saturated heterocycles. The van der Waals surface area contributed by atoms with Gasteiger partial charge in [-0.25, -0.2) is 0 Å². The maximum Gasteiger partial charge on any atom is 0.0666 e. The van der Waals surface area contributed by atoms with Crippen LogP contribution in [0.4, 0.5) is 0 Å². The van der Waals surface area contributed by atoms with Crippen LogP contribution in [0.25, 0.3) is 0 Å². The third kappa shape index (κ3) is 5.35. The smallest absolute Gasteiger partial charge is 0.0666 e. The van der Waals surface area contributed by atoms with Gasteiger partial charge in [-0.1, -0.05) is 50.7 Å². The van der Waals surface area contributed by atoms with E-state index in [1.165, 1.54) is 56.9 Å². The Balaban J connectivity index is 2.31. The third-order valence-electron chi connectivity index (χ3n) is 3.53. The number of nitrogens with zero attached hydrogens (tertiary/aromatic N) is 1. The highest BCUT2D eigenvalue weighted by atomic mass is 14.2. The van der Waals surface area contributed by atoms with Gasteiger partial charge in [-0.2, -0.15) is 5.26 Å². The second-order valence-electron chi connectivity index (χ2n) is 5.02. The van der Waals surface area contributed by atoms with E-state index in [2.05, 4.69) is 19.1 Å². The second kappa shape index (κ2) is 8.39. The molecule has 0 unspecified atom stereocenters. The molecule has 1 rings (SSSR count). The van der Waals surface area contributed by atoms with Crippen LogP contribution in [-0.2, 0) is 0 Å². The molecule has 90 valence electrons. The van der Waals surface area contributed by atoms with Crippen LogP contribution in [-0.4, -0.2) is 0 Å². The van der Waals surface area contributed by atoms with Gasteiger partial charge in [0, 0.05) is 0 Å². The van der Waals surface area contributed by atoms with Gasteiger partial charge in [-0.05, 0) is 31.6 Å².